The zero-order chi connectivity index (χ0) is 28.5. The number of benzene rings is 7. The van der Waals surface area contributed by atoms with E-state index in [9.17, 15) is 0 Å². The van der Waals surface area contributed by atoms with Crippen LogP contribution >= 0.6 is 7.14 Å². The summed E-state index contributed by atoms with van der Waals surface area (Å²) in [5.74, 6) is 0. The van der Waals surface area contributed by atoms with Crippen molar-refractivity contribution in [1.29, 1.82) is 0 Å². The first kappa shape index (κ1) is 24.4. The molecule has 0 radical (unpaired) electrons. The molecule has 9 rings (SSSR count). The summed E-state index contributed by atoms with van der Waals surface area (Å²) in [6.07, 6.45) is 0. The molecule has 0 spiro atoms. The smallest absolute Gasteiger partial charge is 0.172 e. The third-order valence-corrected chi connectivity index (χ3v) is 12.2. The van der Waals surface area contributed by atoms with Crippen LogP contribution in [0.25, 0.3) is 60.5 Å². The van der Waals surface area contributed by atoms with E-state index in [-0.39, 0.29) is 0 Å². The Balaban J connectivity index is 1.29. The Morgan fingerprint density at radius 3 is 1.98 bits per heavy atom. The third kappa shape index (κ3) is 3.45. The normalized spacial score (nSPS) is 15.6. The van der Waals surface area contributed by atoms with Crippen molar-refractivity contribution in [2.75, 3.05) is 0 Å². The summed E-state index contributed by atoms with van der Waals surface area (Å²) >= 11 is 0. The average Bonchev–Trinajstić information content (AvgIpc) is 3.54. The molecule has 43 heavy (non-hydrogen) atoms. The lowest BCUT2D eigenvalue weighted by Crippen LogP contribution is -2.20. The van der Waals surface area contributed by atoms with Crippen LogP contribution in [-0.2, 0) is 4.57 Å². The van der Waals surface area contributed by atoms with Gasteiger partial charge in [0.15, 0.2) is 7.14 Å². The first-order chi connectivity index (χ1) is 21.2. The molecule has 0 fully saturated rings. The number of aromatic nitrogens is 1. The molecule has 0 saturated heterocycles. The molecule has 0 saturated carbocycles. The molecule has 1 unspecified atom stereocenters. The van der Waals surface area contributed by atoms with Crippen molar-refractivity contribution >= 4 is 55.6 Å². The van der Waals surface area contributed by atoms with E-state index >= 15 is 4.57 Å². The van der Waals surface area contributed by atoms with Gasteiger partial charge in [0.1, 0.15) is 0 Å². The zero-order valence-corrected chi connectivity index (χ0v) is 24.2. The van der Waals surface area contributed by atoms with Gasteiger partial charge in [-0.3, -0.25) is 0 Å². The molecule has 2 nitrogen and oxygen atoms in total. The van der Waals surface area contributed by atoms with Crippen LogP contribution in [0.2, 0.25) is 0 Å². The largest absolute Gasteiger partial charge is 0.309 e. The summed E-state index contributed by atoms with van der Waals surface area (Å²) in [5, 5.41) is 7.53. The van der Waals surface area contributed by atoms with Gasteiger partial charge in [-0.1, -0.05) is 127 Å². The van der Waals surface area contributed by atoms with Crippen molar-refractivity contribution in [2.45, 2.75) is 0 Å². The summed E-state index contributed by atoms with van der Waals surface area (Å²) in [5.41, 5.74) is 7.92. The SMILES string of the molecule is O=P1(c2ccccc2)c2ccccc2-c2cc3c(cc21)c1ccccc1n3-c1ccc(-c2cccc3ccccc23)cc1. The molecule has 3 heteroatoms. The van der Waals surface area contributed by atoms with Crippen molar-refractivity contribution in [3.63, 3.8) is 0 Å². The van der Waals surface area contributed by atoms with E-state index in [0.717, 1.165) is 54.5 Å². The number of hydrogen-bond acceptors (Lipinski definition) is 1. The highest BCUT2D eigenvalue weighted by Crippen LogP contribution is 2.53. The lowest BCUT2D eigenvalue weighted by atomic mass is 9.98. The fraction of sp³-hybridized carbons (Fsp3) is 0. The lowest BCUT2D eigenvalue weighted by Gasteiger charge is -2.16. The highest BCUT2D eigenvalue weighted by Gasteiger charge is 2.40. The van der Waals surface area contributed by atoms with Gasteiger partial charge in [0.2, 0.25) is 0 Å². The van der Waals surface area contributed by atoms with Gasteiger partial charge in [-0.05, 0) is 63.4 Å². The van der Waals surface area contributed by atoms with Gasteiger partial charge < -0.3 is 9.13 Å². The first-order valence-electron chi connectivity index (χ1n) is 14.6. The van der Waals surface area contributed by atoms with Gasteiger partial charge in [0, 0.05) is 32.4 Å². The molecule has 8 aromatic rings. The Hall–Kier alpha value is -5.17. The fourth-order valence-electron chi connectivity index (χ4n) is 7.05. The summed E-state index contributed by atoms with van der Waals surface area (Å²) in [7, 11) is -3.02. The average molecular weight is 568 g/mol. The summed E-state index contributed by atoms with van der Waals surface area (Å²) in [6.45, 7) is 0. The van der Waals surface area contributed by atoms with E-state index in [1.54, 1.807) is 0 Å². The van der Waals surface area contributed by atoms with Crippen LogP contribution in [0.5, 0.6) is 0 Å². The molecule has 0 bridgehead atoms. The minimum Gasteiger partial charge on any atom is -0.309 e. The molecule has 1 aliphatic rings. The molecule has 202 valence electrons. The van der Waals surface area contributed by atoms with Crippen LogP contribution in [0.4, 0.5) is 0 Å². The van der Waals surface area contributed by atoms with Crippen molar-refractivity contribution in [3.05, 3.63) is 158 Å². The molecule has 0 N–H and O–H groups in total. The second-order valence-corrected chi connectivity index (χ2v) is 14.0. The fourth-order valence-corrected chi connectivity index (χ4v) is 10.1. The molecule has 0 amide bonds. The molecule has 1 aromatic heterocycles. The Bertz CT molecular complexity index is 2410. The molecular formula is C40H26NOP. The lowest BCUT2D eigenvalue weighted by molar-refractivity contribution is 0.593. The van der Waals surface area contributed by atoms with Crippen LogP contribution in [-0.4, -0.2) is 4.57 Å². The minimum absolute atomic E-state index is 0.883. The number of nitrogens with zero attached hydrogens (tertiary/aromatic N) is 1. The van der Waals surface area contributed by atoms with E-state index in [1.165, 1.54) is 21.9 Å². The van der Waals surface area contributed by atoms with Gasteiger partial charge in [0.25, 0.3) is 0 Å². The predicted molar refractivity (Wildman–Crippen MR) is 182 cm³/mol. The van der Waals surface area contributed by atoms with E-state index in [0.29, 0.717) is 0 Å². The first-order valence-corrected chi connectivity index (χ1v) is 16.3. The molecule has 1 atom stereocenters. The second-order valence-electron chi connectivity index (χ2n) is 11.3. The van der Waals surface area contributed by atoms with Gasteiger partial charge in [-0.25, -0.2) is 0 Å². The van der Waals surface area contributed by atoms with Crippen molar-refractivity contribution in [3.8, 4) is 27.9 Å². The Morgan fingerprint density at radius 1 is 0.442 bits per heavy atom. The summed E-state index contributed by atoms with van der Waals surface area (Å²) in [6, 6.07) is 55.2. The molecule has 7 aromatic carbocycles. The summed E-state index contributed by atoms with van der Waals surface area (Å²) < 4.78 is 17.5. The topological polar surface area (TPSA) is 22.0 Å². The highest BCUT2D eigenvalue weighted by molar-refractivity contribution is 7.86. The van der Waals surface area contributed by atoms with Crippen LogP contribution in [0.3, 0.4) is 0 Å². The molecule has 2 heterocycles. The zero-order valence-electron chi connectivity index (χ0n) is 23.3. The third-order valence-electron chi connectivity index (χ3n) is 9.01. The minimum atomic E-state index is -3.02. The van der Waals surface area contributed by atoms with E-state index < -0.39 is 7.14 Å². The van der Waals surface area contributed by atoms with Crippen LogP contribution < -0.4 is 15.9 Å². The summed E-state index contributed by atoms with van der Waals surface area (Å²) in [4.78, 5) is 0. The molecule has 0 aliphatic carbocycles. The maximum Gasteiger partial charge on any atom is 0.172 e. The molecular weight excluding hydrogens is 541 g/mol. The van der Waals surface area contributed by atoms with Crippen LogP contribution in [0.15, 0.2) is 158 Å². The number of hydrogen-bond donors (Lipinski definition) is 0. The van der Waals surface area contributed by atoms with Gasteiger partial charge in [0.05, 0.1) is 11.0 Å². The van der Waals surface area contributed by atoms with E-state index in [1.807, 2.05) is 42.5 Å². The number of para-hydroxylation sites is 1. The Kier molecular flexibility index (Phi) is 5.21. The van der Waals surface area contributed by atoms with Crippen molar-refractivity contribution in [2.24, 2.45) is 0 Å². The van der Waals surface area contributed by atoms with E-state index in [2.05, 4.69) is 120 Å². The maximum atomic E-state index is 15.2. The van der Waals surface area contributed by atoms with Gasteiger partial charge >= 0.3 is 0 Å². The van der Waals surface area contributed by atoms with Crippen molar-refractivity contribution < 1.29 is 4.57 Å². The van der Waals surface area contributed by atoms with Gasteiger partial charge in [-0.15, -0.1) is 0 Å². The predicted octanol–water partition coefficient (Wildman–Crippen LogP) is 9.22. The standard InChI is InChI=1S/C40H26NOP/c42-43(30-13-2-1-3-14-30)39-20-9-7-17-34(39)36-25-38-35(26-40(36)43)33-16-6-8-19-37(33)41(38)29-23-21-28(22-24-29)32-18-10-12-27-11-4-5-15-31(27)32/h1-26H. The second kappa shape index (κ2) is 9.16. The Morgan fingerprint density at radius 2 is 1.12 bits per heavy atom. The quantitative estimate of drug-likeness (QED) is 0.195. The van der Waals surface area contributed by atoms with Crippen LogP contribution in [0.1, 0.15) is 0 Å². The maximum absolute atomic E-state index is 15.2. The molecule has 1 aliphatic heterocycles. The number of fused-ring (bicyclic) bond motifs is 7. The van der Waals surface area contributed by atoms with Crippen LogP contribution in [0, 0.1) is 0 Å². The highest BCUT2D eigenvalue weighted by atomic mass is 31.2. The van der Waals surface area contributed by atoms with Gasteiger partial charge in [-0.2, -0.15) is 0 Å². The van der Waals surface area contributed by atoms with Crippen molar-refractivity contribution in [1.82, 2.24) is 4.57 Å². The Labute approximate surface area is 249 Å². The monoisotopic (exact) mass is 567 g/mol. The van der Waals surface area contributed by atoms with E-state index in [4.69, 9.17) is 0 Å². The number of rotatable bonds is 3.